The Morgan fingerprint density at radius 1 is 1.31 bits per heavy atom. The van der Waals surface area contributed by atoms with Crippen molar-refractivity contribution in [2.45, 2.75) is 38.6 Å². The first-order valence-electron chi connectivity index (χ1n) is 10.4. The molecule has 2 atom stereocenters. The van der Waals surface area contributed by atoms with Crippen LogP contribution in [0.25, 0.3) is 0 Å². The molecular formula is C22H30N4O2S. The van der Waals surface area contributed by atoms with E-state index in [9.17, 15) is 9.59 Å². The molecule has 0 radical (unpaired) electrons. The molecule has 0 saturated carbocycles. The van der Waals surface area contributed by atoms with Gasteiger partial charge in [-0.1, -0.05) is 43.7 Å². The van der Waals surface area contributed by atoms with E-state index in [2.05, 4.69) is 27.4 Å². The van der Waals surface area contributed by atoms with Crippen LogP contribution in [0.5, 0.6) is 0 Å². The van der Waals surface area contributed by atoms with Gasteiger partial charge in [0, 0.05) is 24.7 Å². The highest BCUT2D eigenvalue weighted by Crippen LogP contribution is 2.24. The van der Waals surface area contributed by atoms with Gasteiger partial charge >= 0.3 is 0 Å². The van der Waals surface area contributed by atoms with Crippen LogP contribution in [0.4, 0.5) is 0 Å². The molecule has 2 N–H and O–H groups in total. The molecule has 0 spiro atoms. The number of thiazole rings is 1. The van der Waals surface area contributed by atoms with Crippen LogP contribution in [0.3, 0.4) is 0 Å². The molecule has 156 valence electrons. The van der Waals surface area contributed by atoms with E-state index in [0.717, 1.165) is 49.3 Å². The largest absolute Gasteiger partial charge is 0.356 e. The smallest absolute Gasteiger partial charge is 0.235 e. The van der Waals surface area contributed by atoms with Crippen molar-refractivity contribution >= 4 is 23.2 Å². The van der Waals surface area contributed by atoms with Gasteiger partial charge in [0.15, 0.2) is 0 Å². The van der Waals surface area contributed by atoms with E-state index in [1.807, 2.05) is 35.7 Å². The second-order valence-electron chi connectivity index (χ2n) is 7.50. The molecule has 3 rings (SSSR count). The predicted octanol–water partition coefficient (Wildman–Crippen LogP) is 2.98. The van der Waals surface area contributed by atoms with Crippen LogP contribution in [0.2, 0.25) is 0 Å². The number of rotatable bonds is 9. The zero-order chi connectivity index (χ0) is 20.5. The highest BCUT2D eigenvalue weighted by atomic mass is 32.1. The van der Waals surface area contributed by atoms with Crippen molar-refractivity contribution in [3.05, 3.63) is 52.5 Å². The highest BCUT2D eigenvalue weighted by molar-refractivity contribution is 7.09. The van der Waals surface area contributed by atoms with Gasteiger partial charge in [0.2, 0.25) is 11.8 Å². The molecule has 2 amide bonds. The van der Waals surface area contributed by atoms with Crippen LogP contribution in [0.15, 0.2) is 41.9 Å². The molecule has 1 aromatic heterocycles. The van der Waals surface area contributed by atoms with Crippen LogP contribution >= 0.6 is 11.3 Å². The number of carbonyl (C=O) groups is 2. The third-order valence-corrected chi connectivity index (χ3v) is 6.05. The number of amides is 2. The fourth-order valence-corrected chi connectivity index (χ4v) is 4.38. The molecule has 6 nitrogen and oxygen atoms in total. The molecule has 1 fully saturated rings. The monoisotopic (exact) mass is 414 g/mol. The van der Waals surface area contributed by atoms with Crippen molar-refractivity contribution in [2.24, 2.45) is 5.92 Å². The van der Waals surface area contributed by atoms with Gasteiger partial charge in [0.05, 0.1) is 12.5 Å². The summed E-state index contributed by atoms with van der Waals surface area (Å²) in [6.07, 6.45) is 5.66. The van der Waals surface area contributed by atoms with Crippen molar-refractivity contribution in [1.82, 2.24) is 20.5 Å². The fraction of sp³-hybridized carbons (Fsp3) is 0.500. The lowest BCUT2D eigenvalue weighted by molar-refractivity contribution is -0.129. The van der Waals surface area contributed by atoms with Gasteiger partial charge < -0.3 is 10.6 Å². The molecular weight excluding hydrogens is 384 g/mol. The van der Waals surface area contributed by atoms with Gasteiger partial charge in [-0.05, 0) is 31.4 Å². The standard InChI is InChI=1S/C22H30N4O2S/c1-2-3-11-23-21(28)18-10-7-13-26(15-18)16-19(27)25-20(22-24-12-14-29-22)17-8-5-4-6-9-17/h4-6,8-9,12,14,18,20H,2-3,7,10-11,13,15-16H2,1H3,(H,23,28)(H,25,27). The SMILES string of the molecule is CCCCNC(=O)C1CCCN(CC(=O)NC(c2ccccc2)c2nccs2)C1. The lowest BCUT2D eigenvalue weighted by Gasteiger charge is -2.31. The van der Waals surface area contributed by atoms with Gasteiger partial charge in [-0.3, -0.25) is 14.5 Å². The molecule has 1 aliphatic heterocycles. The van der Waals surface area contributed by atoms with E-state index in [1.165, 1.54) is 11.3 Å². The van der Waals surface area contributed by atoms with Gasteiger partial charge in [-0.25, -0.2) is 4.98 Å². The van der Waals surface area contributed by atoms with E-state index in [1.54, 1.807) is 6.20 Å². The third kappa shape index (κ3) is 6.37. The summed E-state index contributed by atoms with van der Waals surface area (Å²) in [5.74, 6) is 0.0480. The van der Waals surface area contributed by atoms with E-state index < -0.39 is 0 Å². The molecule has 29 heavy (non-hydrogen) atoms. The van der Waals surface area contributed by atoms with Crippen LogP contribution in [0.1, 0.15) is 49.2 Å². The lowest BCUT2D eigenvalue weighted by atomic mass is 9.97. The van der Waals surface area contributed by atoms with Crippen molar-refractivity contribution in [3.8, 4) is 0 Å². The fourth-order valence-electron chi connectivity index (χ4n) is 3.67. The summed E-state index contributed by atoms with van der Waals surface area (Å²) in [6.45, 7) is 4.63. The minimum Gasteiger partial charge on any atom is -0.356 e. The normalized spacial score (nSPS) is 18.2. The number of unbranched alkanes of at least 4 members (excludes halogenated alkanes) is 1. The Labute approximate surface area is 176 Å². The number of nitrogens with zero attached hydrogens (tertiary/aromatic N) is 2. The summed E-state index contributed by atoms with van der Waals surface area (Å²) in [4.78, 5) is 31.7. The maximum absolute atomic E-state index is 12.8. The summed E-state index contributed by atoms with van der Waals surface area (Å²) in [6, 6.07) is 9.65. The van der Waals surface area contributed by atoms with Gasteiger partial charge in [0.1, 0.15) is 11.0 Å². The zero-order valence-corrected chi connectivity index (χ0v) is 17.8. The molecule has 7 heteroatoms. The number of benzene rings is 1. The molecule has 1 saturated heterocycles. The average Bonchev–Trinajstić information content (AvgIpc) is 3.27. The van der Waals surface area contributed by atoms with Crippen LogP contribution in [0, 0.1) is 5.92 Å². The molecule has 1 aromatic carbocycles. The van der Waals surface area contributed by atoms with Crippen molar-refractivity contribution < 1.29 is 9.59 Å². The summed E-state index contributed by atoms with van der Waals surface area (Å²) >= 11 is 1.54. The second-order valence-corrected chi connectivity index (χ2v) is 8.43. The Hall–Kier alpha value is -2.25. The zero-order valence-electron chi connectivity index (χ0n) is 17.0. The van der Waals surface area contributed by atoms with Crippen molar-refractivity contribution in [2.75, 3.05) is 26.2 Å². The minimum absolute atomic E-state index is 0.0303. The van der Waals surface area contributed by atoms with Gasteiger partial charge in [-0.15, -0.1) is 11.3 Å². The van der Waals surface area contributed by atoms with Gasteiger partial charge in [-0.2, -0.15) is 0 Å². The molecule has 2 aromatic rings. The predicted molar refractivity (Wildman–Crippen MR) is 116 cm³/mol. The van der Waals surface area contributed by atoms with Crippen LogP contribution in [-0.4, -0.2) is 47.9 Å². The Balaban J connectivity index is 1.56. The van der Waals surface area contributed by atoms with Crippen LogP contribution in [-0.2, 0) is 9.59 Å². The minimum atomic E-state index is -0.248. The van der Waals surface area contributed by atoms with E-state index in [4.69, 9.17) is 0 Å². The number of aromatic nitrogens is 1. The molecule has 2 heterocycles. The lowest BCUT2D eigenvalue weighted by Crippen LogP contribution is -2.47. The maximum atomic E-state index is 12.8. The Morgan fingerprint density at radius 3 is 2.86 bits per heavy atom. The van der Waals surface area contributed by atoms with E-state index in [-0.39, 0.29) is 23.8 Å². The molecule has 1 aliphatic rings. The molecule has 0 bridgehead atoms. The van der Waals surface area contributed by atoms with Crippen molar-refractivity contribution in [3.63, 3.8) is 0 Å². The van der Waals surface area contributed by atoms with Crippen LogP contribution < -0.4 is 10.6 Å². The summed E-state index contributed by atoms with van der Waals surface area (Å²) in [7, 11) is 0. The van der Waals surface area contributed by atoms with E-state index in [0.29, 0.717) is 13.1 Å². The first-order chi connectivity index (χ1) is 14.2. The number of piperidine rings is 1. The number of hydrogen-bond acceptors (Lipinski definition) is 5. The first-order valence-corrected chi connectivity index (χ1v) is 11.3. The summed E-state index contributed by atoms with van der Waals surface area (Å²) in [5, 5.41) is 8.95. The Kier molecular flexibility index (Phi) is 8.19. The van der Waals surface area contributed by atoms with Crippen molar-refractivity contribution in [1.29, 1.82) is 0 Å². The maximum Gasteiger partial charge on any atom is 0.235 e. The molecule has 2 unspecified atom stereocenters. The Bertz CT molecular complexity index is 766. The summed E-state index contributed by atoms with van der Waals surface area (Å²) in [5.41, 5.74) is 1.02. The third-order valence-electron chi connectivity index (χ3n) is 5.21. The number of carbonyl (C=O) groups excluding carboxylic acids is 2. The number of hydrogen-bond donors (Lipinski definition) is 2. The number of likely N-dealkylation sites (tertiary alicyclic amines) is 1. The number of nitrogens with one attached hydrogen (secondary N) is 2. The van der Waals surface area contributed by atoms with E-state index >= 15 is 0 Å². The topological polar surface area (TPSA) is 74.3 Å². The Morgan fingerprint density at radius 2 is 2.14 bits per heavy atom. The summed E-state index contributed by atoms with van der Waals surface area (Å²) < 4.78 is 0. The highest BCUT2D eigenvalue weighted by Gasteiger charge is 2.27. The van der Waals surface area contributed by atoms with Gasteiger partial charge in [0.25, 0.3) is 0 Å². The second kappa shape index (κ2) is 11.1. The average molecular weight is 415 g/mol. The molecule has 0 aliphatic carbocycles. The first kappa shape index (κ1) is 21.5. The quantitative estimate of drug-likeness (QED) is 0.619.